The van der Waals surface area contributed by atoms with Crippen LogP contribution in [0.5, 0.6) is 0 Å². The number of aromatic nitrogens is 2. The van der Waals surface area contributed by atoms with Crippen LogP contribution in [0.1, 0.15) is 35.1 Å². The number of aromatic amines is 1. The molecular formula is C16H21N3O. The average Bonchev–Trinajstić information content (AvgIpc) is 2.41. The predicted octanol–water partition coefficient (Wildman–Crippen LogP) is 2.87. The first-order chi connectivity index (χ1) is 9.51. The highest BCUT2D eigenvalue weighted by Crippen LogP contribution is 2.11. The van der Waals surface area contributed by atoms with Gasteiger partial charge in [0.1, 0.15) is 5.69 Å². The molecule has 106 valence electrons. The number of hydrogen-bond donors (Lipinski definition) is 2. The van der Waals surface area contributed by atoms with Gasteiger partial charge in [-0.1, -0.05) is 13.0 Å². The van der Waals surface area contributed by atoms with Gasteiger partial charge in [0.05, 0.1) is 12.2 Å². The van der Waals surface area contributed by atoms with Gasteiger partial charge in [0.15, 0.2) is 0 Å². The summed E-state index contributed by atoms with van der Waals surface area (Å²) < 4.78 is 0. The van der Waals surface area contributed by atoms with E-state index in [9.17, 15) is 4.79 Å². The Bertz CT molecular complexity index is 674. The van der Waals surface area contributed by atoms with E-state index in [4.69, 9.17) is 0 Å². The fourth-order valence-corrected chi connectivity index (χ4v) is 2.13. The van der Waals surface area contributed by atoms with Crippen molar-refractivity contribution in [1.29, 1.82) is 0 Å². The lowest BCUT2D eigenvalue weighted by atomic mass is 10.1. The Balaban J connectivity index is 2.18. The lowest BCUT2D eigenvalue weighted by molar-refractivity contribution is 0.980. The van der Waals surface area contributed by atoms with E-state index in [0.29, 0.717) is 12.2 Å². The van der Waals surface area contributed by atoms with Crippen molar-refractivity contribution in [3.63, 3.8) is 0 Å². The molecule has 2 N–H and O–H groups in total. The van der Waals surface area contributed by atoms with Gasteiger partial charge >= 0.3 is 0 Å². The molecule has 0 fully saturated rings. The van der Waals surface area contributed by atoms with Crippen LogP contribution in [-0.2, 0) is 13.0 Å². The summed E-state index contributed by atoms with van der Waals surface area (Å²) in [6.45, 7) is 8.59. The predicted molar refractivity (Wildman–Crippen MR) is 82.2 cm³/mol. The topological polar surface area (TPSA) is 57.8 Å². The van der Waals surface area contributed by atoms with Crippen molar-refractivity contribution in [2.75, 3.05) is 5.32 Å². The van der Waals surface area contributed by atoms with E-state index in [1.807, 2.05) is 32.9 Å². The van der Waals surface area contributed by atoms with Gasteiger partial charge in [-0.15, -0.1) is 0 Å². The minimum atomic E-state index is -0.0801. The fraction of sp³-hybridized carbons (Fsp3) is 0.375. The third-order valence-corrected chi connectivity index (χ3v) is 3.59. The van der Waals surface area contributed by atoms with E-state index in [1.165, 1.54) is 5.56 Å². The van der Waals surface area contributed by atoms with Crippen LogP contribution in [0.4, 0.5) is 5.69 Å². The third-order valence-electron chi connectivity index (χ3n) is 3.59. The van der Waals surface area contributed by atoms with Crippen molar-refractivity contribution in [2.24, 2.45) is 0 Å². The molecule has 4 heteroatoms. The normalized spacial score (nSPS) is 10.6. The van der Waals surface area contributed by atoms with Crippen LogP contribution in [0.3, 0.4) is 0 Å². The zero-order valence-corrected chi connectivity index (χ0v) is 12.5. The molecule has 0 unspecified atom stereocenters. The zero-order valence-electron chi connectivity index (χ0n) is 12.5. The number of nitrogens with one attached hydrogen (secondary N) is 2. The van der Waals surface area contributed by atoms with E-state index in [-0.39, 0.29) is 5.56 Å². The van der Waals surface area contributed by atoms with Gasteiger partial charge in [0.2, 0.25) is 0 Å². The van der Waals surface area contributed by atoms with Crippen molar-refractivity contribution >= 4 is 5.69 Å². The largest absolute Gasteiger partial charge is 0.375 e. The lowest BCUT2D eigenvalue weighted by Gasteiger charge is -2.10. The van der Waals surface area contributed by atoms with Gasteiger partial charge < -0.3 is 10.3 Å². The van der Waals surface area contributed by atoms with Crippen LogP contribution in [0.25, 0.3) is 0 Å². The number of aryl methyl sites for hydroxylation is 4. The first kappa shape index (κ1) is 14.3. The molecule has 0 bridgehead atoms. The molecule has 2 aromatic rings. The SMILES string of the molecule is CCc1cc(NCc2ccc(C)c(C)n2)c(=O)[nH]c1C. The van der Waals surface area contributed by atoms with Crippen molar-refractivity contribution in [2.45, 2.75) is 40.7 Å². The molecule has 0 atom stereocenters. The van der Waals surface area contributed by atoms with Gasteiger partial charge in [-0.2, -0.15) is 0 Å². The minimum absolute atomic E-state index is 0.0801. The molecule has 0 aliphatic rings. The van der Waals surface area contributed by atoms with Crippen molar-refractivity contribution < 1.29 is 0 Å². The van der Waals surface area contributed by atoms with E-state index in [2.05, 4.69) is 28.3 Å². The van der Waals surface area contributed by atoms with Crippen LogP contribution < -0.4 is 10.9 Å². The summed E-state index contributed by atoms with van der Waals surface area (Å²) in [6.07, 6.45) is 0.902. The molecule has 2 heterocycles. The van der Waals surface area contributed by atoms with E-state index in [0.717, 1.165) is 29.1 Å². The van der Waals surface area contributed by atoms with Crippen molar-refractivity contribution in [3.05, 3.63) is 56.8 Å². The van der Waals surface area contributed by atoms with Gasteiger partial charge in [-0.05, 0) is 50.5 Å². The van der Waals surface area contributed by atoms with Gasteiger partial charge in [-0.3, -0.25) is 9.78 Å². The molecule has 0 saturated carbocycles. The van der Waals surface area contributed by atoms with Crippen LogP contribution >= 0.6 is 0 Å². The van der Waals surface area contributed by atoms with Gasteiger partial charge in [-0.25, -0.2) is 0 Å². The number of nitrogens with zero attached hydrogens (tertiary/aromatic N) is 1. The Kier molecular flexibility index (Phi) is 4.23. The summed E-state index contributed by atoms with van der Waals surface area (Å²) in [4.78, 5) is 19.3. The van der Waals surface area contributed by atoms with E-state index in [1.54, 1.807) is 0 Å². The quantitative estimate of drug-likeness (QED) is 0.899. The molecule has 0 radical (unpaired) electrons. The highest BCUT2D eigenvalue weighted by Gasteiger charge is 2.05. The van der Waals surface area contributed by atoms with Crippen molar-refractivity contribution in [3.8, 4) is 0 Å². The second-order valence-corrected chi connectivity index (χ2v) is 5.07. The third kappa shape index (κ3) is 3.07. The maximum absolute atomic E-state index is 11.9. The van der Waals surface area contributed by atoms with Crippen LogP contribution in [-0.4, -0.2) is 9.97 Å². The average molecular weight is 271 g/mol. The number of hydrogen-bond acceptors (Lipinski definition) is 3. The van der Waals surface area contributed by atoms with E-state index < -0.39 is 0 Å². The standard InChI is InChI=1S/C16H21N3O/c1-5-13-8-15(16(20)19-12(13)4)17-9-14-7-6-10(2)11(3)18-14/h6-8,17H,5,9H2,1-4H3,(H,19,20). The number of pyridine rings is 2. The highest BCUT2D eigenvalue weighted by atomic mass is 16.1. The number of rotatable bonds is 4. The Morgan fingerprint density at radius 3 is 2.65 bits per heavy atom. The molecule has 20 heavy (non-hydrogen) atoms. The maximum Gasteiger partial charge on any atom is 0.271 e. The molecular weight excluding hydrogens is 250 g/mol. The number of anilines is 1. The Labute approximate surface area is 119 Å². The lowest BCUT2D eigenvalue weighted by Crippen LogP contribution is -2.16. The summed E-state index contributed by atoms with van der Waals surface area (Å²) >= 11 is 0. The monoisotopic (exact) mass is 271 g/mol. The fourth-order valence-electron chi connectivity index (χ4n) is 2.13. The Morgan fingerprint density at radius 2 is 2.00 bits per heavy atom. The van der Waals surface area contributed by atoms with Crippen molar-refractivity contribution in [1.82, 2.24) is 9.97 Å². The molecule has 0 aliphatic heterocycles. The Hall–Kier alpha value is -2.10. The van der Waals surface area contributed by atoms with Crippen LogP contribution in [0, 0.1) is 20.8 Å². The van der Waals surface area contributed by atoms with Gasteiger partial charge in [0, 0.05) is 11.4 Å². The first-order valence-corrected chi connectivity index (χ1v) is 6.91. The van der Waals surface area contributed by atoms with Crippen LogP contribution in [0.2, 0.25) is 0 Å². The first-order valence-electron chi connectivity index (χ1n) is 6.91. The summed E-state index contributed by atoms with van der Waals surface area (Å²) in [5.74, 6) is 0. The highest BCUT2D eigenvalue weighted by molar-refractivity contribution is 5.45. The summed E-state index contributed by atoms with van der Waals surface area (Å²) in [7, 11) is 0. The summed E-state index contributed by atoms with van der Waals surface area (Å²) in [5.41, 5.74) is 5.75. The molecule has 0 amide bonds. The molecule has 2 aromatic heterocycles. The minimum Gasteiger partial charge on any atom is -0.375 e. The van der Waals surface area contributed by atoms with Crippen LogP contribution in [0.15, 0.2) is 23.0 Å². The second kappa shape index (κ2) is 5.90. The smallest absolute Gasteiger partial charge is 0.271 e. The summed E-state index contributed by atoms with van der Waals surface area (Å²) in [6, 6.07) is 5.96. The van der Waals surface area contributed by atoms with Gasteiger partial charge in [0.25, 0.3) is 5.56 Å². The summed E-state index contributed by atoms with van der Waals surface area (Å²) in [5, 5.41) is 3.17. The van der Waals surface area contributed by atoms with E-state index >= 15 is 0 Å². The Morgan fingerprint density at radius 1 is 1.25 bits per heavy atom. The molecule has 0 aliphatic carbocycles. The zero-order chi connectivity index (χ0) is 14.7. The molecule has 0 aromatic carbocycles. The second-order valence-electron chi connectivity index (χ2n) is 5.07. The molecule has 2 rings (SSSR count). The molecule has 0 spiro atoms. The maximum atomic E-state index is 11.9. The molecule has 0 saturated heterocycles. The number of H-pyrrole nitrogens is 1. The molecule has 4 nitrogen and oxygen atoms in total.